The van der Waals surface area contributed by atoms with E-state index in [1.807, 2.05) is 13.0 Å². The fourth-order valence-corrected chi connectivity index (χ4v) is 1.89. The number of nitrogens with one attached hydrogen (secondary N) is 1. The number of para-hydroxylation sites is 1. The number of hydrogen-bond donors (Lipinski definition) is 1. The number of halogens is 1. The molecule has 0 aliphatic carbocycles. The Morgan fingerprint density at radius 2 is 1.79 bits per heavy atom. The van der Waals surface area contributed by atoms with Gasteiger partial charge >= 0.3 is 5.91 Å². The first-order chi connectivity index (χ1) is 9.13. The summed E-state index contributed by atoms with van der Waals surface area (Å²) in [5, 5.41) is 6.17. The molecule has 0 bridgehead atoms. The van der Waals surface area contributed by atoms with Crippen molar-refractivity contribution in [3.05, 3.63) is 63.5 Å². The maximum atomic E-state index is 11.4. The van der Waals surface area contributed by atoms with Crippen molar-refractivity contribution in [1.29, 1.82) is 0 Å². The Labute approximate surface area is 115 Å². The van der Waals surface area contributed by atoms with Gasteiger partial charge in [-0.1, -0.05) is 29.8 Å². The molecule has 0 unspecified atom stereocenters. The first-order valence-corrected chi connectivity index (χ1v) is 6.00. The first kappa shape index (κ1) is 13.2. The number of benzene rings is 2. The smallest absolute Gasteiger partial charge is 0.318 e. The highest BCUT2D eigenvalue weighted by Gasteiger charge is 2.12. The second-order valence-corrected chi connectivity index (χ2v) is 4.39. The average molecular weight is 275 g/mol. The number of carbonyl (C=O) groups excluding carboxylic acids is 1. The molecule has 2 aromatic rings. The summed E-state index contributed by atoms with van der Waals surface area (Å²) in [5.74, 6) is -0.803. The van der Waals surface area contributed by atoms with Gasteiger partial charge in [0.25, 0.3) is 0 Å². The van der Waals surface area contributed by atoms with Crippen LogP contribution in [0, 0.1) is 11.8 Å². The Bertz CT molecular complexity index is 641. The van der Waals surface area contributed by atoms with Crippen LogP contribution in [0.3, 0.4) is 0 Å². The van der Waals surface area contributed by atoms with E-state index in [0.717, 1.165) is 11.3 Å². The van der Waals surface area contributed by atoms with Crippen molar-refractivity contribution in [2.75, 3.05) is 5.32 Å². The Kier molecular flexibility index (Phi) is 3.92. The van der Waals surface area contributed by atoms with Gasteiger partial charge in [0.05, 0.1) is 11.3 Å². The largest absolute Gasteiger partial charge is 0.355 e. The number of hydrogen-bond acceptors (Lipinski definition) is 3. The van der Waals surface area contributed by atoms with Crippen molar-refractivity contribution in [2.24, 2.45) is 5.18 Å². The molecule has 96 valence electrons. The lowest BCUT2D eigenvalue weighted by molar-refractivity contribution is 0.100. The predicted octanol–water partition coefficient (Wildman–Crippen LogP) is 4.30. The molecule has 5 heteroatoms. The van der Waals surface area contributed by atoms with Gasteiger partial charge in [0.15, 0.2) is 0 Å². The second kappa shape index (κ2) is 5.63. The molecule has 0 aliphatic rings. The number of rotatable bonds is 3. The molecule has 1 N–H and O–H groups in total. The Morgan fingerprint density at radius 1 is 1.11 bits per heavy atom. The van der Waals surface area contributed by atoms with Crippen molar-refractivity contribution < 1.29 is 4.79 Å². The average Bonchev–Trinajstić information content (AvgIpc) is 2.43. The molecule has 0 fully saturated rings. The lowest BCUT2D eigenvalue weighted by Gasteiger charge is -2.12. The molecular weight excluding hydrogens is 264 g/mol. The van der Waals surface area contributed by atoms with Gasteiger partial charge < -0.3 is 5.32 Å². The number of nitroso groups, excluding NO2 is 1. The van der Waals surface area contributed by atoms with Gasteiger partial charge in [0.1, 0.15) is 0 Å². The van der Waals surface area contributed by atoms with Gasteiger partial charge in [-0.05, 0) is 36.8 Å². The Morgan fingerprint density at radius 3 is 2.53 bits per heavy atom. The van der Waals surface area contributed by atoms with Crippen molar-refractivity contribution in [3.63, 3.8) is 0 Å². The molecule has 0 saturated heterocycles. The molecule has 0 heterocycles. The van der Waals surface area contributed by atoms with E-state index in [4.69, 9.17) is 11.6 Å². The van der Waals surface area contributed by atoms with E-state index >= 15 is 0 Å². The quantitative estimate of drug-likeness (QED) is 0.849. The van der Waals surface area contributed by atoms with Crippen LogP contribution >= 0.6 is 11.6 Å². The monoisotopic (exact) mass is 274 g/mol. The third-order valence-electron chi connectivity index (χ3n) is 2.78. The highest BCUT2D eigenvalue weighted by atomic mass is 35.5. The van der Waals surface area contributed by atoms with Gasteiger partial charge in [0, 0.05) is 15.9 Å². The van der Waals surface area contributed by atoms with Crippen LogP contribution in [0.1, 0.15) is 15.9 Å². The van der Waals surface area contributed by atoms with E-state index in [1.165, 1.54) is 0 Å². The molecule has 0 radical (unpaired) electrons. The summed E-state index contributed by atoms with van der Waals surface area (Å²) in [6.45, 7) is 1.87. The van der Waals surface area contributed by atoms with Crippen molar-refractivity contribution in [3.8, 4) is 0 Å². The van der Waals surface area contributed by atoms with E-state index in [1.54, 1.807) is 36.4 Å². The summed E-state index contributed by atoms with van der Waals surface area (Å²) in [5.41, 5.74) is 2.40. The molecule has 4 nitrogen and oxygen atoms in total. The minimum Gasteiger partial charge on any atom is -0.355 e. The van der Waals surface area contributed by atoms with Crippen LogP contribution in [0.2, 0.25) is 5.02 Å². The SMILES string of the molecule is Cc1c(Cl)cccc1Nc1ccccc1C(=O)N=O. The van der Waals surface area contributed by atoms with Crippen LogP contribution < -0.4 is 5.32 Å². The second-order valence-electron chi connectivity index (χ2n) is 3.98. The lowest BCUT2D eigenvalue weighted by Crippen LogP contribution is -2.01. The third-order valence-corrected chi connectivity index (χ3v) is 3.19. The molecular formula is C14H11ClN2O2. The van der Waals surface area contributed by atoms with E-state index in [-0.39, 0.29) is 5.56 Å². The van der Waals surface area contributed by atoms with Gasteiger partial charge in [0.2, 0.25) is 0 Å². The van der Waals surface area contributed by atoms with Gasteiger partial charge in [-0.3, -0.25) is 4.79 Å². The van der Waals surface area contributed by atoms with Crippen LogP contribution in [0.5, 0.6) is 0 Å². The molecule has 0 aliphatic heterocycles. The van der Waals surface area contributed by atoms with E-state index in [2.05, 4.69) is 10.5 Å². The number of amides is 1. The molecule has 0 spiro atoms. The fourth-order valence-electron chi connectivity index (χ4n) is 1.72. The predicted molar refractivity (Wildman–Crippen MR) is 76.0 cm³/mol. The van der Waals surface area contributed by atoms with Crippen molar-refractivity contribution in [2.45, 2.75) is 6.92 Å². The van der Waals surface area contributed by atoms with E-state index < -0.39 is 5.91 Å². The van der Waals surface area contributed by atoms with Crippen LogP contribution in [0.25, 0.3) is 0 Å². The van der Waals surface area contributed by atoms with Crippen LogP contribution in [-0.4, -0.2) is 5.91 Å². The number of nitrogens with zero attached hydrogens (tertiary/aromatic N) is 1. The zero-order valence-corrected chi connectivity index (χ0v) is 10.9. The lowest BCUT2D eigenvalue weighted by atomic mass is 10.1. The Balaban J connectivity index is 2.41. The zero-order chi connectivity index (χ0) is 13.8. The summed E-state index contributed by atoms with van der Waals surface area (Å²) in [7, 11) is 0. The molecule has 0 atom stereocenters. The summed E-state index contributed by atoms with van der Waals surface area (Å²) in [6.07, 6.45) is 0. The molecule has 2 aromatic carbocycles. The number of carbonyl (C=O) groups is 1. The summed E-state index contributed by atoms with van der Waals surface area (Å²) in [4.78, 5) is 21.8. The third kappa shape index (κ3) is 2.80. The first-order valence-electron chi connectivity index (χ1n) is 5.62. The van der Waals surface area contributed by atoms with Gasteiger partial charge in [-0.25, -0.2) is 0 Å². The highest BCUT2D eigenvalue weighted by molar-refractivity contribution is 6.31. The highest BCUT2D eigenvalue weighted by Crippen LogP contribution is 2.27. The minimum atomic E-state index is -0.803. The van der Waals surface area contributed by atoms with E-state index in [0.29, 0.717) is 10.7 Å². The Hall–Kier alpha value is -2.20. The molecule has 0 saturated carbocycles. The maximum Gasteiger partial charge on any atom is 0.318 e. The summed E-state index contributed by atoms with van der Waals surface area (Å²) >= 11 is 6.03. The van der Waals surface area contributed by atoms with Crippen LogP contribution in [0.15, 0.2) is 47.6 Å². The standard InChI is InChI=1S/C14H11ClN2O2/c1-9-11(15)6-4-8-12(9)16-13-7-3-2-5-10(13)14(18)17-19/h2-8,16H,1H3. The van der Waals surface area contributed by atoms with E-state index in [9.17, 15) is 9.70 Å². The fraction of sp³-hybridized carbons (Fsp3) is 0.0714. The van der Waals surface area contributed by atoms with Crippen LogP contribution in [0.4, 0.5) is 11.4 Å². The summed E-state index contributed by atoms with van der Waals surface area (Å²) in [6, 6.07) is 12.1. The van der Waals surface area contributed by atoms with Gasteiger partial charge in [-0.15, -0.1) is 4.91 Å². The minimum absolute atomic E-state index is 0.233. The normalized spacial score (nSPS) is 10.0. The zero-order valence-electron chi connectivity index (χ0n) is 10.2. The number of anilines is 2. The summed E-state index contributed by atoms with van der Waals surface area (Å²) < 4.78 is 0. The molecule has 1 amide bonds. The molecule has 19 heavy (non-hydrogen) atoms. The molecule has 0 aromatic heterocycles. The van der Waals surface area contributed by atoms with Crippen LogP contribution in [-0.2, 0) is 0 Å². The maximum absolute atomic E-state index is 11.4. The van der Waals surface area contributed by atoms with Crippen molar-refractivity contribution in [1.82, 2.24) is 0 Å². The topological polar surface area (TPSA) is 58.5 Å². The van der Waals surface area contributed by atoms with Gasteiger partial charge in [-0.2, -0.15) is 0 Å². The van der Waals surface area contributed by atoms with Crippen molar-refractivity contribution >= 4 is 28.9 Å². The molecule has 2 rings (SSSR count).